The van der Waals surface area contributed by atoms with Crippen molar-refractivity contribution < 1.29 is 14.6 Å². The van der Waals surface area contributed by atoms with Crippen molar-refractivity contribution in [3.8, 4) is 11.5 Å². The van der Waals surface area contributed by atoms with Gasteiger partial charge >= 0.3 is 0 Å². The van der Waals surface area contributed by atoms with Gasteiger partial charge in [0.15, 0.2) is 11.5 Å². The zero-order chi connectivity index (χ0) is 16.8. The summed E-state index contributed by atoms with van der Waals surface area (Å²) >= 11 is 0. The Hall–Kier alpha value is -2.83. The van der Waals surface area contributed by atoms with Crippen molar-refractivity contribution in [2.45, 2.75) is 26.4 Å². The predicted octanol–water partition coefficient (Wildman–Crippen LogP) is 1.30. The molecule has 0 aliphatic rings. The van der Waals surface area contributed by atoms with Crippen LogP contribution in [0.2, 0.25) is 0 Å². The molecule has 1 aromatic heterocycles. The number of amides is 1. The fraction of sp³-hybridized carbons (Fsp3) is 0.312. The molecule has 23 heavy (non-hydrogen) atoms. The van der Waals surface area contributed by atoms with Gasteiger partial charge in [0.05, 0.1) is 7.11 Å². The maximum absolute atomic E-state index is 12.1. The molecule has 0 spiro atoms. The number of rotatable bonds is 6. The lowest BCUT2D eigenvalue weighted by Crippen LogP contribution is -2.29. The van der Waals surface area contributed by atoms with Gasteiger partial charge in [0.2, 0.25) is 0 Å². The number of benzene rings is 1. The number of phenolic OH excluding ortho intramolecular Hbond substituents is 1. The van der Waals surface area contributed by atoms with Crippen LogP contribution in [0.4, 0.5) is 0 Å². The summed E-state index contributed by atoms with van der Waals surface area (Å²) in [6, 6.07) is 7.56. The standard InChI is InChI=1S/C16H19N3O4/c1-3-8-19-15(21)7-5-12(18-19)16(22)17-10-11-4-6-13(20)14(9-11)23-2/h4-7,9,20H,3,8,10H2,1-2H3,(H,17,22). The third kappa shape index (κ3) is 4.09. The second kappa shape index (κ2) is 7.44. The van der Waals surface area contributed by atoms with Crippen molar-refractivity contribution in [2.24, 2.45) is 0 Å². The Kier molecular flexibility index (Phi) is 5.35. The number of nitrogens with one attached hydrogen (secondary N) is 1. The van der Waals surface area contributed by atoms with E-state index in [1.54, 1.807) is 12.1 Å². The third-order valence-corrected chi connectivity index (χ3v) is 3.23. The molecule has 0 radical (unpaired) electrons. The first-order valence-corrected chi connectivity index (χ1v) is 7.27. The molecule has 0 fully saturated rings. The second-order valence-corrected chi connectivity index (χ2v) is 4.97. The molecule has 0 saturated carbocycles. The van der Waals surface area contributed by atoms with Gasteiger partial charge in [-0.15, -0.1) is 0 Å². The van der Waals surface area contributed by atoms with E-state index in [1.807, 2.05) is 6.92 Å². The van der Waals surface area contributed by atoms with Gasteiger partial charge in [-0.1, -0.05) is 13.0 Å². The topological polar surface area (TPSA) is 93.5 Å². The summed E-state index contributed by atoms with van der Waals surface area (Å²) in [5.41, 5.74) is 0.727. The number of hydrogen-bond donors (Lipinski definition) is 2. The maximum Gasteiger partial charge on any atom is 0.271 e. The van der Waals surface area contributed by atoms with Crippen LogP contribution < -0.4 is 15.6 Å². The largest absolute Gasteiger partial charge is 0.504 e. The van der Waals surface area contributed by atoms with E-state index >= 15 is 0 Å². The highest BCUT2D eigenvalue weighted by atomic mass is 16.5. The minimum Gasteiger partial charge on any atom is -0.504 e. The van der Waals surface area contributed by atoms with Gasteiger partial charge in [-0.3, -0.25) is 9.59 Å². The molecule has 122 valence electrons. The Bertz CT molecular complexity index is 755. The number of phenols is 1. The monoisotopic (exact) mass is 317 g/mol. The highest BCUT2D eigenvalue weighted by molar-refractivity contribution is 5.91. The van der Waals surface area contributed by atoms with E-state index in [0.29, 0.717) is 12.3 Å². The van der Waals surface area contributed by atoms with Crippen LogP contribution in [0.15, 0.2) is 35.1 Å². The van der Waals surface area contributed by atoms with E-state index in [2.05, 4.69) is 10.4 Å². The average Bonchev–Trinajstić information content (AvgIpc) is 2.56. The molecule has 2 rings (SSSR count). The Balaban J connectivity index is 2.08. The van der Waals surface area contributed by atoms with E-state index < -0.39 is 0 Å². The van der Waals surface area contributed by atoms with Crippen molar-refractivity contribution in [1.82, 2.24) is 15.1 Å². The van der Waals surface area contributed by atoms with Crippen LogP contribution in [0, 0.1) is 0 Å². The summed E-state index contributed by atoms with van der Waals surface area (Å²) in [6.07, 6.45) is 0.755. The molecule has 0 aliphatic carbocycles. The van der Waals surface area contributed by atoms with Crippen LogP contribution in [-0.4, -0.2) is 27.9 Å². The lowest BCUT2D eigenvalue weighted by atomic mass is 10.2. The Labute approximate surface area is 133 Å². The molecule has 2 aromatic rings. The summed E-state index contributed by atoms with van der Waals surface area (Å²) in [4.78, 5) is 23.7. The van der Waals surface area contributed by atoms with Crippen molar-refractivity contribution in [2.75, 3.05) is 7.11 Å². The highest BCUT2D eigenvalue weighted by Gasteiger charge is 2.10. The summed E-state index contributed by atoms with van der Waals surface area (Å²) < 4.78 is 6.30. The van der Waals surface area contributed by atoms with Crippen molar-refractivity contribution >= 4 is 5.91 Å². The minimum atomic E-state index is -0.373. The fourth-order valence-corrected chi connectivity index (χ4v) is 2.05. The fourth-order valence-electron chi connectivity index (χ4n) is 2.05. The van der Waals surface area contributed by atoms with Gasteiger partial charge in [-0.25, -0.2) is 4.68 Å². The van der Waals surface area contributed by atoms with Gasteiger partial charge in [-0.2, -0.15) is 5.10 Å². The summed E-state index contributed by atoms with van der Waals surface area (Å²) in [5, 5.41) is 16.3. The minimum absolute atomic E-state index is 0.0379. The molecular weight excluding hydrogens is 298 g/mol. The molecule has 1 heterocycles. The van der Waals surface area contributed by atoms with Crippen LogP contribution in [0.25, 0.3) is 0 Å². The molecule has 7 nitrogen and oxygen atoms in total. The number of hydrogen-bond acceptors (Lipinski definition) is 5. The molecule has 0 unspecified atom stereocenters. The number of nitrogens with zero attached hydrogens (tertiary/aromatic N) is 2. The van der Waals surface area contributed by atoms with E-state index in [1.165, 1.54) is 30.0 Å². The van der Waals surface area contributed by atoms with Gasteiger partial charge in [0.1, 0.15) is 5.69 Å². The molecule has 0 saturated heterocycles. The zero-order valence-corrected chi connectivity index (χ0v) is 13.1. The summed E-state index contributed by atoms with van der Waals surface area (Å²) in [5.74, 6) is 0.00384. The number of aryl methyl sites for hydroxylation is 1. The molecule has 0 bridgehead atoms. The Morgan fingerprint density at radius 1 is 1.35 bits per heavy atom. The number of carbonyl (C=O) groups excluding carboxylic acids is 1. The molecule has 0 aliphatic heterocycles. The SMILES string of the molecule is CCCn1nc(C(=O)NCc2ccc(O)c(OC)c2)ccc1=O. The van der Waals surface area contributed by atoms with Crippen LogP contribution in [0.3, 0.4) is 0 Å². The molecule has 2 N–H and O–H groups in total. The third-order valence-electron chi connectivity index (χ3n) is 3.23. The molecule has 1 amide bonds. The first kappa shape index (κ1) is 16.5. The normalized spacial score (nSPS) is 10.3. The van der Waals surface area contributed by atoms with Crippen LogP contribution in [0.5, 0.6) is 11.5 Å². The lowest BCUT2D eigenvalue weighted by Gasteiger charge is -2.09. The van der Waals surface area contributed by atoms with Crippen molar-refractivity contribution in [3.63, 3.8) is 0 Å². The number of aromatic nitrogens is 2. The van der Waals surface area contributed by atoms with Gasteiger partial charge in [0, 0.05) is 19.2 Å². The van der Waals surface area contributed by atoms with Gasteiger partial charge in [-0.05, 0) is 30.2 Å². The first-order chi connectivity index (χ1) is 11.0. The van der Waals surface area contributed by atoms with Crippen molar-refractivity contribution in [3.05, 3.63) is 51.9 Å². The van der Waals surface area contributed by atoms with Crippen molar-refractivity contribution in [1.29, 1.82) is 0 Å². The second-order valence-electron chi connectivity index (χ2n) is 4.97. The molecular formula is C16H19N3O4. The Morgan fingerprint density at radius 3 is 2.83 bits per heavy atom. The highest BCUT2D eigenvalue weighted by Crippen LogP contribution is 2.26. The van der Waals surface area contributed by atoms with E-state index in [0.717, 1.165) is 12.0 Å². The predicted molar refractivity (Wildman–Crippen MR) is 84.6 cm³/mol. The first-order valence-electron chi connectivity index (χ1n) is 7.27. The summed E-state index contributed by atoms with van der Waals surface area (Å²) in [7, 11) is 1.46. The van der Waals surface area contributed by atoms with Gasteiger partial charge < -0.3 is 15.2 Å². The number of ether oxygens (including phenoxy) is 1. The summed E-state index contributed by atoms with van der Waals surface area (Å²) in [6.45, 7) is 2.65. The maximum atomic E-state index is 12.1. The number of carbonyl (C=O) groups is 1. The number of methoxy groups -OCH3 is 1. The van der Waals surface area contributed by atoms with E-state index in [9.17, 15) is 14.7 Å². The van der Waals surface area contributed by atoms with Crippen LogP contribution in [0.1, 0.15) is 29.4 Å². The molecule has 0 atom stereocenters. The van der Waals surface area contributed by atoms with Crippen LogP contribution >= 0.6 is 0 Å². The quantitative estimate of drug-likeness (QED) is 0.837. The van der Waals surface area contributed by atoms with Crippen LogP contribution in [-0.2, 0) is 13.1 Å². The zero-order valence-electron chi connectivity index (χ0n) is 13.1. The molecule has 7 heteroatoms. The van der Waals surface area contributed by atoms with Gasteiger partial charge in [0.25, 0.3) is 11.5 Å². The van der Waals surface area contributed by atoms with E-state index in [4.69, 9.17) is 4.74 Å². The lowest BCUT2D eigenvalue weighted by molar-refractivity contribution is 0.0943. The number of aromatic hydroxyl groups is 1. The smallest absolute Gasteiger partial charge is 0.271 e. The average molecular weight is 317 g/mol. The van der Waals surface area contributed by atoms with E-state index in [-0.39, 0.29) is 29.5 Å². The Morgan fingerprint density at radius 2 is 2.13 bits per heavy atom. The molecule has 1 aromatic carbocycles.